The number of aromatic nitrogens is 4. The molecule has 108 valence electrons. The molecule has 2 rings (SSSR count). The van der Waals surface area contributed by atoms with E-state index in [-0.39, 0.29) is 0 Å². The zero-order valence-electron chi connectivity index (χ0n) is 12.5. The summed E-state index contributed by atoms with van der Waals surface area (Å²) in [7, 11) is 0. The van der Waals surface area contributed by atoms with Crippen LogP contribution in [0.5, 0.6) is 11.6 Å². The van der Waals surface area contributed by atoms with Crippen molar-refractivity contribution < 1.29 is 4.74 Å². The third kappa shape index (κ3) is 3.26. The van der Waals surface area contributed by atoms with Crippen LogP contribution < -0.4 is 10.1 Å². The van der Waals surface area contributed by atoms with Crippen molar-refractivity contribution in [3.63, 3.8) is 0 Å². The number of nitrogens with zero attached hydrogens (tertiary/aromatic N) is 4. The van der Waals surface area contributed by atoms with Gasteiger partial charge in [-0.15, -0.1) is 0 Å². The second-order valence-corrected chi connectivity index (χ2v) is 4.62. The van der Waals surface area contributed by atoms with Gasteiger partial charge >= 0.3 is 0 Å². The fourth-order valence-electron chi connectivity index (χ4n) is 1.90. The van der Waals surface area contributed by atoms with Gasteiger partial charge in [-0.2, -0.15) is 10.1 Å². The molecule has 0 saturated heterocycles. The summed E-state index contributed by atoms with van der Waals surface area (Å²) in [4.78, 5) is 8.73. The van der Waals surface area contributed by atoms with E-state index in [2.05, 4.69) is 27.3 Å². The number of nitrogens with one attached hydrogen (secondary N) is 1. The molecule has 0 bridgehead atoms. The molecular formula is C14H21N5O. The third-order valence-corrected chi connectivity index (χ3v) is 2.83. The molecule has 0 saturated carbocycles. The fourth-order valence-corrected chi connectivity index (χ4v) is 1.90. The smallest absolute Gasteiger partial charge is 0.227 e. The minimum atomic E-state index is 0.574. The van der Waals surface area contributed by atoms with Crippen molar-refractivity contribution in [3.05, 3.63) is 23.8 Å². The molecule has 6 heteroatoms. The highest BCUT2D eigenvalue weighted by atomic mass is 16.5. The van der Waals surface area contributed by atoms with E-state index in [9.17, 15) is 0 Å². The topological polar surface area (TPSA) is 64.9 Å². The summed E-state index contributed by atoms with van der Waals surface area (Å²) < 4.78 is 7.69. The van der Waals surface area contributed by atoms with Crippen LogP contribution in [0.15, 0.2) is 12.4 Å². The van der Waals surface area contributed by atoms with Gasteiger partial charge in [0, 0.05) is 13.1 Å². The maximum atomic E-state index is 5.83. The predicted octanol–water partition coefficient (Wildman–Crippen LogP) is 2.92. The molecule has 0 radical (unpaired) electrons. The number of aryl methyl sites for hydroxylation is 2. The number of hydrogen-bond donors (Lipinski definition) is 1. The van der Waals surface area contributed by atoms with Gasteiger partial charge in [0.1, 0.15) is 11.6 Å². The first kappa shape index (κ1) is 14.3. The quantitative estimate of drug-likeness (QED) is 0.878. The van der Waals surface area contributed by atoms with E-state index >= 15 is 0 Å². The Balaban J connectivity index is 2.23. The van der Waals surface area contributed by atoms with Gasteiger partial charge in [-0.05, 0) is 27.2 Å². The first-order chi connectivity index (χ1) is 9.63. The molecule has 0 aromatic carbocycles. The summed E-state index contributed by atoms with van der Waals surface area (Å²) in [5.41, 5.74) is 0.903. The van der Waals surface area contributed by atoms with Crippen molar-refractivity contribution in [1.29, 1.82) is 0 Å². The van der Waals surface area contributed by atoms with E-state index in [0.29, 0.717) is 17.5 Å². The summed E-state index contributed by atoms with van der Waals surface area (Å²) >= 11 is 0. The van der Waals surface area contributed by atoms with Crippen LogP contribution >= 0.6 is 0 Å². The molecule has 0 fully saturated rings. The molecule has 0 atom stereocenters. The standard InChI is InChI=1S/C14H21N5O/c1-5-7-19-9-12(8-16-19)20-14-10(3)13(15-6-2)17-11(4)18-14/h8-9H,5-7H2,1-4H3,(H,15,17,18). The Morgan fingerprint density at radius 1 is 1.25 bits per heavy atom. The summed E-state index contributed by atoms with van der Waals surface area (Å²) in [5.74, 6) is 2.77. The van der Waals surface area contributed by atoms with Crippen molar-refractivity contribution in [2.45, 2.75) is 40.7 Å². The first-order valence-electron chi connectivity index (χ1n) is 6.93. The van der Waals surface area contributed by atoms with Gasteiger partial charge in [0.25, 0.3) is 0 Å². The largest absolute Gasteiger partial charge is 0.435 e. The monoisotopic (exact) mass is 275 g/mol. The molecule has 0 aliphatic carbocycles. The number of anilines is 1. The zero-order valence-corrected chi connectivity index (χ0v) is 12.5. The van der Waals surface area contributed by atoms with Crippen molar-refractivity contribution in [3.8, 4) is 11.6 Å². The Bertz CT molecular complexity index is 579. The van der Waals surface area contributed by atoms with Gasteiger partial charge in [0.15, 0.2) is 5.75 Å². The second-order valence-electron chi connectivity index (χ2n) is 4.62. The first-order valence-corrected chi connectivity index (χ1v) is 6.93. The average Bonchev–Trinajstić information content (AvgIpc) is 2.83. The molecule has 0 amide bonds. The Labute approximate surface area is 119 Å². The maximum Gasteiger partial charge on any atom is 0.227 e. The summed E-state index contributed by atoms with van der Waals surface area (Å²) in [5, 5.41) is 7.46. The van der Waals surface area contributed by atoms with Gasteiger partial charge < -0.3 is 10.1 Å². The van der Waals surface area contributed by atoms with Crippen LogP contribution in [0.4, 0.5) is 5.82 Å². The molecule has 0 spiro atoms. The lowest BCUT2D eigenvalue weighted by molar-refractivity contribution is 0.454. The summed E-state index contributed by atoms with van der Waals surface area (Å²) in [6, 6.07) is 0. The lowest BCUT2D eigenvalue weighted by atomic mass is 10.3. The van der Waals surface area contributed by atoms with Crippen LogP contribution in [0, 0.1) is 13.8 Å². The van der Waals surface area contributed by atoms with E-state index in [1.54, 1.807) is 6.20 Å². The number of hydrogen-bond acceptors (Lipinski definition) is 5. The van der Waals surface area contributed by atoms with Crippen LogP contribution in [-0.4, -0.2) is 26.3 Å². The maximum absolute atomic E-state index is 5.83. The van der Waals surface area contributed by atoms with Gasteiger partial charge in [0.2, 0.25) is 5.88 Å². The summed E-state index contributed by atoms with van der Waals surface area (Å²) in [6.45, 7) is 9.64. The van der Waals surface area contributed by atoms with Crippen LogP contribution in [0.3, 0.4) is 0 Å². The lowest BCUT2D eigenvalue weighted by Gasteiger charge is -2.11. The van der Waals surface area contributed by atoms with Gasteiger partial charge in [0.05, 0.1) is 18.0 Å². The van der Waals surface area contributed by atoms with E-state index < -0.39 is 0 Å². The Kier molecular flexibility index (Phi) is 4.55. The highest BCUT2D eigenvalue weighted by molar-refractivity contribution is 5.49. The van der Waals surface area contributed by atoms with Gasteiger partial charge in [-0.25, -0.2) is 4.98 Å². The molecular weight excluding hydrogens is 254 g/mol. The van der Waals surface area contributed by atoms with Gasteiger partial charge in [-0.3, -0.25) is 4.68 Å². The van der Waals surface area contributed by atoms with Crippen molar-refractivity contribution in [2.75, 3.05) is 11.9 Å². The van der Waals surface area contributed by atoms with Crippen LogP contribution in [0.25, 0.3) is 0 Å². The third-order valence-electron chi connectivity index (χ3n) is 2.83. The number of ether oxygens (including phenoxy) is 1. The molecule has 20 heavy (non-hydrogen) atoms. The second kappa shape index (κ2) is 6.36. The molecule has 0 aliphatic rings. The number of rotatable bonds is 6. The Morgan fingerprint density at radius 2 is 2.05 bits per heavy atom. The lowest BCUT2D eigenvalue weighted by Crippen LogP contribution is -2.06. The Hall–Kier alpha value is -2.11. The molecule has 1 N–H and O–H groups in total. The highest BCUT2D eigenvalue weighted by Crippen LogP contribution is 2.26. The van der Waals surface area contributed by atoms with E-state index in [0.717, 1.165) is 30.9 Å². The predicted molar refractivity (Wildman–Crippen MR) is 78.3 cm³/mol. The average molecular weight is 275 g/mol. The van der Waals surface area contributed by atoms with E-state index in [1.165, 1.54) is 0 Å². The van der Waals surface area contributed by atoms with E-state index in [1.807, 2.05) is 31.6 Å². The van der Waals surface area contributed by atoms with Crippen LogP contribution in [0.1, 0.15) is 31.7 Å². The van der Waals surface area contributed by atoms with Crippen LogP contribution in [0.2, 0.25) is 0 Å². The fraction of sp³-hybridized carbons (Fsp3) is 0.500. The van der Waals surface area contributed by atoms with Crippen molar-refractivity contribution in [2.24, 2.45) is 0 Å². The molecule has 0 aliphatic heterocycles. The zero-order chi connectivity index (χ0) is 14.5. The minimum absolute atomic E-state index is 0.574. The summed E-state index contributed by atoms with van der Waals surface area (Å²) in [6.07, 6.45) is 4.63. The van der Waals surface area contributed by atoms with Crippen molar-refractivity contribution >= 4 is 5.82 Å². The molecule has 0 unspecified atom stereocenters. The van der Waals surface area contributed by atoms with Gasteiger partial charge in [-0.1, -0.05) is 6.92 Å². The molecule has 2 aromatic rings. The normalized spacial score (nSPS) is 10.6. The van der Waals surface area contributed by atoms with Crippen molar-refractivity contribution in [1.82, 2.24) is 19.7 Å². The van der Waals surface area contributed by atoms with Crippen LogP contribution in [-0.2, 0) is 6.54 Å². The highest BCUT2D eigenvalue weighted by Gasteiger charge is 2.11. The Morgan fingerprint density at radius 3 is 2.75 bits per heavy atom. The SMILES string of the molecule is CCCn1cc(Oc2nc(C)nc(NCC)c2C)cn1. The molecule has 6 nitrogen and oxygen atoms in total. The van der Waals surface area contributed by atoms with E-state index in [4.69, 9.17) is 4.74 Å². The minimum Gasteiger partial charge on any atom is -0.435 e. The molecule has 2 heterocycles. The molecule has 2 aromatic heterocycles.